The van der Waals surface area contributed by atoms with Gasteiger partial charge in [0.05, 0.1) is 0 Å². The minimum atomic E-state index is 0.435. The first-order valence-corrected chi connectivity index (χ1v) is 5.62. The van der Waals surface area contributed by atoms with E-state index in [-0.39, 0.29) is 0 Å². The van der Waals surface area contributed by atoms with Crippen molar-refractivity contribution in [2.75, 3.05) is 0 Å². The molecular formula is C11H14N2S. The van der Waals surface area contributed by atoms with E-state index in [1.165, 1.54) is 10.4 Å². The lowest BCUT2D eigenvalue weighted by Crippen LogP contribution is -2.16. The fourth-order valence-electron chi connectivity index (χ4n) is 1.38. The van der Waals surface area contributed by atoms with Crippen LogP contribution in [0.5, 0.6) is 0 Å². The number of rotatable bonds is 4. The number of aromatic nitrogens is 1. The molecule has 0 amide bonds. The molecule has 1 unspecified atom stereocenters. The van der Waals surface area contributed by atoms with Gasteiger partial charge in [-0.3, -0.25) is 0 Å². The van der Waals surface area contributed by atoms with Crippen LogP contribution in [0.3, 0.4) is 0 Å². The molecule has 0 bridgehead atoms. The van der Waals surface area contributed by atoms with Crippen LogP contribution in [0.1, 0.15) is 23.4 Å². The summed E-state index contributed by atoms with van der Waals surface area (Å²) in [5.41, 5.74) is 1.30. The van der Waals surface area contributed by atoms with Gasteiger partial charge in [-0.15, -0.1) is 11.3 Å². The van der Waals surface area contributed by atoms with E-state index in [9.17, 15) is 0 Å². The van der Waals surface area contributed by atoms with Crippen LogP contribution in [0.4, 0.5) is 0 Å². The van der Waals surface area contributed by atoms with Crippen molar-refractivity contribution in [3.8, 4) is 0 Å². The Hall–Kier alpha value is -1.06. The number of nitrogens with one attached hydrogen (secondary N) is 2. The molecule has 0 radical (unpaired) electrons. The predicted octanol–water partition coefficient (Wildman–Crippen LogP) is 2.93. The van der Waals surface area contributed by atoms with Crippen molar-refractivity contribution in [3.63, 3.8) is 0 Å². The first-order chi connectivity index (χ1) is 6.86. The van der Waals surface area contributed by atoms with E-state index in [0.717, 1.165) is 6.54 Å². The van der Waals surface area contributed by atoms with Crippen LogP contribution in [0.15, 0.2) is 36.0 Å². The Morgan fingerprint density at radius 3 is 3.07 bits per heavy atom. The normalized spacial score (nSPS) is 12.9. The number of thiophene rings is 1. The molecule has 0 aliphatic carbocycles. The summed E-state index contributed by atoms with van der Waals surface area (Å²) < 4.78 is 0. The molecule has 0 aromatic carbocycles. The molecule has 0 saturated heterocycles. The lowest BCUT2D eigenvalue weighted by atomic mass is 10.2. The summed E-state index contributed by atoms with van der Waals surface area (Å²) in [5, 5.41) is 5.59. The third-order valence-corrected chi connectivity index (χ3v) is 3.30. The maximum atomic E-state index is 3.48. The van der Waals surface area contributed by atoms with Gasteiger partial charge in [0.2, 0.25) is 0 Å². The van der Waals surface area contributed by atoms with Crippen LogP contribution in [0.2, 0.25) is 0 Å². The second-order valence-corrected chi connectivity index (χ2v) is 4.32. The summed E-state index contributed by atoms with van der Waals surface area (Å²) in [6.45, 7) is 3.11. The Bertz CT molecular complexity index is 351. The van der Waals surface area contributed by atoms with E-state index in [2.05, 4.69) is 40.8 Å². The molecule has 2 nitrogen and oxygen atoms in total. The molecule has 0 spiro atoms. The van der Waals surface area contributed by atoms with E-state index in [4.69, 9.17) is 0 Å². The van der Waals surface area contributed by atoms with Crippen molar-refractivity contribution in [2.24, 2.45) is 0 Å². The summed E-state index contributed by atoms with van der Waals surface area (Å²) >= 11 is 1.80. The average Bonchev–Trinajstić information content (AvgIpc) is 2.87. The number of aromatic amines is 1. The third-order valence-electron chi connectivity index (χ3n) is 2.24. The molecule has 0 aliphatic heterocycles. The van der Waals surface area contributed by atoms with Crippen LogP contribution >= 0.6 is 11.3 Å². The van der Waals surface area contributed by atoms with Gasteiger partial charge in [-0.05, 0) is 30.0 Å². The van der Waals surface area contributed by atoms with Crippen molar-refractivity contribution in [2.45, 2.75) is 19.5 Å². The first kappa shape index (κ1) is 9.49. The van der Waals surface area contributed by atoms with E-state index < -0.39 is 0 Å². The third kappa shape index (κ3) is 2.25. The van der Waals surface area contributed by atoms with Gasteiger partial charge >= 0.3 is 0 Å². The summed E-state index contributed by atoms with van der Waals surface area (Å²) in [6, 6.07) is 6.78. The van der Waals surface area contributed by atoms with Gasteiger partial charge in [-0.1, -0.05) is 6.07 Å². The molecule has 0 fully saturated rings. The molecule has 0 aliphatic rings. The standard InChI is InChI=1S/C11H14N2S/c1-9(11-3-2-6-14-11)13-8-10-4-5-12-7-10/h2-7,9,12-13H,8H2,1H3. The highest BCUT2D eigenvalue weighted by Gasteiger charge is 2.04. The van der Waals surface area contributed by atoms with Gasteiger partial charge in [-0.2, -0.15) is 0 Å². The molecular weight excluding hydrogens is 192 g/mol. The molecule has 74 valence electrons. The molecule has 14 heavy (non-hydrogen) atoms. The first-order valence-electron chi connectivity index (χ1n) is 4.75. The average molecular weight is 206 g/mol. The molecule has 2 N–H and O–H groups in total. The van der Waals surface area contributed by atoms with Gasteiger partial charge in [0.25, 0.3) is 0 Å². The molecule has 1 atom stereocenters. The van der Waals surface area contributed by atoms with Crippen molar-refractivity contribution >= 4 is 11.3 Å². The lowest BCUT2D eigenvalue weighted by molar-refractivity contribution is 0.583. The van der Waals surface area contributed by atoms with Crippen LogP contribution < -0.4 is 5.32 Å². The maximum absolute atomic E-state index is 3.48. The van der Waals surface area contributed by atoms with Crippen LogP contribution in [-0.4, -0.2) is 4.98 Å². The SMILES string of the molecule is CC(NCc1cc[nH]c1)c1cccs1. The monoisotopic (exact) mass is 206 g/mol. The molecule has 2 heterocycles. The van der Waals surface area contributed by atoms with Gasteiger partial charge in [0, 0.05) is 29.9 Å². The Kier molecular flexibility index (Phi) is 3.01. The molecule has 2 rings (SSSR count). The fourth-order valence-corrected chi connectivity index (χ4v) is 2.14. The minimum absolute atomic E-state index is 0.435. The number of hydrogen-bond acceptors (Lipinski definition) is 2. The quantitative estimate of drug-likeness (QED) is 0.791. The molecule has 0 saturated carbocycles. The van der Waals surface area contributed by atoms with Crippen LogP contribution in [0.25, 0.3) is 0 Å². The van der Waals surface area contributed by atoms with Crippen LogP contribution in [-0.2, 0) is 6.54 Å². The zero-order valence-electron chi connectivity index (χ0n) is 8.16. The Morgan fingerprint density at radius 1 is 1.50 bits per heavy atom. The van der Waals surface area contributed by atoms with Gasteiger partial charge in [-0.25, -0.2) is 0 Å². The Labute approximate surface area is 88.0 Å². The smallest absolute Gasteiger partial charge is 0.0388 e. The second-order valence-electron chi connectivity index (χ2n) is 3.34. The molecule has 2 aromatic heterocycles. The summed E-state index contributed by atoms with van der Waals surface area (Å²) in [5.74, 6) is 0. The van der Waals surface area contributed by atoms with E-state index >= 15 is 0 Å². The Balaban J connectivity index is 1.87. The van der Waals surface area contributed by atoms with Crippen molar-refractivity contribution < 1.29 is 0 Å². The van der Waals surface area contributed by atoms with Gasteiger partial charge in [0.15, 0.2) is 0 Å². The highest BCUT2D eigenvalue weighted by molar-refractivity contribution is 7.10. The van der Waals surface area contributed by atoms with Crippen LogP contribution in [0, 0.1) is 0 Å². The van der Waals surface area contributed by atoms with E-state index in [0.29, 0.717) is 6.04 Å². The van der Waals surface area contributed by atoms with E-state index in [1.54, 1.807) is 11.3 Å². The summed E-state index contributed by atoms with van der Waals surface area (Å²) in [7, 11) is 0. The van der Waals surface area contributed by atoms with Gasteiger partial charge in [0.1, 0.15) is 0 Å². The topological polar surface area (TPSA) is 27.8 Å². The highest BCUT2D eigenvalue weighted by atomic mass is 32.1. The zero-order chi connectivity index (χ0) is 9.80. The summed E-state index contributed by atoms with van der Waals surface area (Å²) in [6.07, 6.45) is 3.97. The van der Waals surface area contributed by atoms with Crippen molar-refractivity contribution in [1.82, 2.24) is 10.3 Å². The van der Waals surface area contributed by atoms with Crippen molar-refractivity contribution in [3.05, 3.63) is 46.4 Å². The zero-order valence-corrected chi connectivity index (χ0v) is 8.97. The van der Waals surface area contributed by atoms with E-state index in [1.807, 2.05) is 12.4 Å². The fraction of sp³-hybridized carbons (Fsp3) is 0.273. The minimum Gasteiger partial charge on any atom is -0.367 e. The lowest BCUT2D eigenvalue weighted by Gasteiger charge is -2.10. The second kappa shape index (κ2) is 4.44. The van der Waals surface area contributed by atoms with Crippen molar-refractivity contribution in [1.29, 1.82) is 0 Å². The number of hydrogen-bond donors (Lipinski definition) is 2. The Morgan fingerprint density at radius 2 is 2.43 bits per heavy atom. The maximum Gasteiger partial charge on any atom is 0.0388 e. The summed E-state index contributed by atoms with van der Waals surface area (Å²) in [4.78, 5) is 4.44. The predicted molar refractivity (Wildman–Crippen MR) is 60.4 cm³/mol. The molecule has 2 aromatic rings. The highest BCUT2D eigenvalue weighted by Crippen LogP contribution is 2.18. The number of H-pyrrole nitrogens is 1. The van der Waals surface area contributed by atoms with Gasteiger partial charge < -0.3 is 10.3 Å². The molecule has 3 heteroatoms. The largest absolute Gasteiger partial charge is 0.367 e.